The van der Waals surface area contributed by atoms with Gasteiger partial charge in [-0.3, -0.25) is 19.3 Å². The van der Waals surface area contributed by atoms with Crippen molar-refractivity contribution in [1.82, 2.24) is 14.5 Å². The number of hydrogen-bond donors (Lipinski definition) is 1. The van der Waals surface area contributed by atoms with Crippen molar-refractivity contribution in [3.63, 3.8) is 0 Å². The van der Waals surface area contributed by atoms with Crippen LogP contribution in [0.25, 0.3) is 5.69 Å². The average Bonchev–Trinajstić information content (AvgIpc) is 2.97. The standard InChI is InChI=1S/C20H17ClN4O2/c1-12-11-23-20-16(6-8-18(26)27)24-19(15-4-2-3-9-22-15)14-10-13(21)5-7-17(14)25(12)20/h2-5,7,9-11,16H,6,8H2,1H3,(H,26,27)/t16-/m0/s1. The summed E-state index contributed by atoms with van der Waals surface area (Å²) in [4.78, 5) is 25.0. The monoisotopic (exact) mass is 380 g/mol. The molecular weight excluding hydrogens is 364 g/mol. The Morgan fingerprint density at radius 2 is 2.11 bits per heavy atom. The van der Waals surface area contributed by atoms with Crippen molar-refractivity contribution in [2.24, 2.45) is 4.99 Å². The molecule has 0 fully saturated rings. The van der Waals surface area contributed by atoms with Gasteiger partial charge in [-0.05, 0) is 43.7 Å². The Bertz CT molecular complexity index is 1040. The molecular formula is C20H17ClN4O2. The zero-order chi connectivity index (χ0) is 19.0. The number of pyridine rings is 1. The zero-order valence-electron chi connectivity index (χ0n) is 14.6. The molecule has 1 atom stereocenters. The van der Waals surface area contributed by atoms with Gasteiger partial charge in [0, 0.05) is 35.1 Å². The van der Waals surface area contributed by atoms with E-state index in [1.807, 2.05) is 47.9 Å². The first-order valence-corrected chi connectivity index (χ1v) is 8.98. The molecule has 6 nitrogen and oxygen atoms in total. The van der Waals surface area contributed by atoms with Gasteiger partial charge in [0.15, 0.2) is 0 Å². The maximum absolute atomic E-state index is 11.2. The van der Waals surface area contributed by atoms with Crippen molar-refractivity contribution in [2.45, 2.75) is 25.8 Å². The van der Waals surface area contributed by atoms with Crippen LogP contribution >= 0.6 is 11.6 Å². The highest BCUT2D eigenvalue weighted by molar-refractivity contribution is 6.31. The number of carboxylic acid groups (broad SMARTS) is 1. The Kier molecular flexibility index (Phi) is 4.49. The average molecular weight is 381 g/mol. The second-order valence-electron chi connectivity index (χ2n) is 6.40. The first kappa shape index (κ1) is 17.4. The normalized spacial score (nSPS) is 15.5. The number of benzene rings is 1. The van der Waals surface area contributed by atoms with Gasteiger partial charge in [0.1, 0.15) is 11.9 Å². The fourth-order valence-electron chi connectivity index (χ4n) is 3.34. The molecule has 4 rings (SSSR count). The molecule has 1 N–H and O–H groups in total. The van der Waals surface area contributed by atoms with Crippen LogP contribution in [-0.2, 0) is 4.79 Å². The zero-order valence-corrected chi connectivity index (χ0v) is 15.4. The maximum Gasteiger partial charge on any atom is 0.303 e. The SMILES string of the molecule is Cc1cnc2n1-c1ccc(Cl)cc1C(c1ccccn1)=N[C@H]2CCC(=O)O. The van der Waals surface area contributed by atoms with Gasteiger partial charge in [0.2, 0.25) is 0 Å². The Labute approximate surface area is 161 Å². The van der Waals surface area contributed by atoms with Crippen LogP contribution in [0.2, 0.25) is 5.02 Å². The number of aryl methyl sites for hydroxylation is 1. The number of aliphatic imine (C=N–C) groups is 1. The van der Waals surface area contributed by atoms with Crippen LogP contribution in [0, 0.1) is 6.92 Å². The molecule has 3 heterocycles. The van der Waals surface area contributed by atoms with E-state index in [4.69, 9.17) is 21.7 Å². The molecule has 2 aromatic heterocycles. The first-order valence-electron chi connectivity index (χ1n) is 8.60. The number of halogens is 1. The molecule has 7 heteroatoms. The molecule has 0 unspecified atom stereocenters. The molecule has 1 aromatic carbocycles. The lowest BCUT2D eigenvalue weighted by atomic mass is 10.0. The van der Waals surface area contributed by atoms with E-state index in [9.17, 15) is 4.79 Å². The van der Waals surface area contributed by atoms with Crippen molar-refractivity contribution in [2.75, 3.05) is 0 Å². The van der Waals surface area contributed by atoms with E-state index in [2.05, 4.69) is 9.97 Å². The predicted octanol–water partition coefficient (Wildman–Crippen LogP) is 3.99. The molecule has 1 aliphatic heterocycles. The largest absolute Gasteiger partial charge is 0.481 e. The Morgan fingerprint density at radius 3 is 2.85 bits per heavy atom. The minimum Gasteiger partial charge on any atom is -0.481 e. The summed E-state index contributed by atoms with van der Waals surface area (Å²) in [6.45, 7) is 1.97. The van der Waals surface area contributed by atoms with Crippen molar-refractivity contribution >= 4 is 23.3 Å². The smallest absolute Gasteiger partial charge is 0.303 e. The van der Waals surface area contributed by atoms with Gasteiger partial charge in [-0.25, -0.2) is 4.98 Å². The number of hydrogen-bond acceptors (Lipinski definition) is 4. The summed E-state index contributed by atoms with van der Waals surface area (Å²) in [5.74, 6) is -0.132. The predicted molar refractivity (Wildman–Crippen MR) is 103 cm³/mol. The molecule has 0 aliphatic carbocycles. The molecule has 27 heavy (non-hydrogen) atoms. The van der Waals surface area contributed by atoms with E-state index >= 15 is 0 Å². The van der Waals surface area contributed by atoms with Crippen LogP contribution in [0.4, 0.5) is 0 Å². The lowest BCUT2D eigenvalue weighted by Crippen LogP contribution is -2.09. The van der Waals surface area contributed by atoms with E-state index in [1.54, 1.807) is 12.4 Å². The Hall–Kier alpha value is -2.99. The van der Waals surface area contributed by atoms with Crippen molar-refractivity contribution < 1.29 is 9.90 Å². The van der Waals surface area contributed by atoms with Gasteiger partial charge in [-0.2, -0.15) is 0 Å². The lowest BCUT2D eigenvalue weighted by Gasteiger charge is -2.14. The minimum atomic E-state index is -0.857. The summed E-state index contributed by atoms with van der Waals surface area (Å²) in [6.07, 6.45) is 3.85. The van der Waals surface area contributed by atoms with E-state index in [1.165, 1.54) is 0 Å². The van der Waals surface area contributed by atoms with E-state index < -0.39 is 12.0 Å². The number of aromatic nitrogens is 3. The maximum atomic E-state index is 11.2. The molecule has 0 radical (unpaired) electrons. The summed E-state index contributed by atoms with van der Waals surface area (Å²) in [5, 5.41) is 9.75. The summed E-state index contributed by atoms with van der Waals surface area (Å²) >= 11 is 6.28. The number of imidazole rings is 1. The van der Waals surface area contributed by atoms with Gasteiger partial charge in [-0.1, -0.05) is 17.7 Å². The topological polar surface area (TPSA) is 80.4 Å². The van der Waals surface area contributed by atoms with Gasteiger partial charge in [0.05, 0.1) is 17.1 Å². The lowest BCUT2D eigenvalue weighted by molar-refractivity contribution is -0.137. The third kappa shape index (κ3) is 3.24. The van der Waals surface area contributed by atoms with Crippen LogP contribution < -0.4 is 0 Å². The molecule has 0 saturated heterocycles. The second-order valence-corrected chi connectivity index (χ2v) is 6.83. The molecule has 0 saturated carbocycles. The summed E-state index contributed by atoms with van der Waals surface area (Å²) in [5.41, 5.74) is 4.11. The highest BCUT2D eigenvalue weighted by Crippen LogP contribution is 2.34. The third-order valence-corrected chi connectivity index (χ3v) is 4.78. The molecule has 1 aliphatic rings. The summed E-state index contributed by atoms with van der Waals surface area (Å²) < 4.78 is 2.03. The Morgan fingerprint density at radius 1 is 1.26 bits per heavy atom. The van der Waals surface area contributed by atoms with Crippen molar-refractivity contribution in [1.29, 1.82) is 0 Å². The fraction of sp³-hybridized carbons (Fsp3) is 0.200. The highest BCUT2D eigenvalue weighted by atomic mass is 35.5. The third-order valence-electron chi connectivity index (χ3n) is 4.54. The van der Waals surface area contributed by atoms with Crippen LogP contribution in [0.3, 0.4) is 0 Å². The molecule has 0 amide bonds. The van der Waals surface area contributed by atoms with Crippen molar-refractivity contribution in [3.8, 4) is 5.69 Å². The number of rotatable bonds is 4. The van der Waals surface area contributed by atoms with Crippen LogP contribution in [0.1, 0.15) is 41.7 Å². The first-order chi connectivity index (χ1) is 13.0. The number of aliphatic carboxylic acids is 1. The number of fused-ring (bicyclic) bond motifs is 3. The molecule has 3 aromatic rings. The number of carboxylic acids is 1. The highest BCUT2D eigenvalue weighted by Gasteiger charge is 2.28. The molecule has 0 spiro atoms. The van der Waals surface area contributed by atoms with E-state index in [0.29, 0.717) is 22.8 Å². The van der Waals surface area contributed by atoms with Gasteiger partial charge in [0.25, 0.3) is 0 Å². The van der Waals surface area contributed by atoms with Gasteiger partial charge >= 0.3 is 5.97 Å². The number of nitrogens with zero attached hydrogens (tertiary/aromatic N) is 4. The van der Waals surface area contributed by atoms with Crippen LogP contribution in [0.15, 0.2) is 53.8 Å². The fourth-order valence-corrected chi connectivity index (χ4v) is 3.51. The second kappa shape index (κ2) is 6.96. The Balaban J connectivity index is 1.97. The molecule has 136 valence electrons. The van der Waals surface area contributed by atoms with Crippen molar-refractivity contribution in [3.05, 3.63) is 76.6 Å². The van der Waals surface area contributed by atoms with E-state index in [-0.39, 0.29) is 6.42 Å². The van der Waals surface area contributed by atoms with Gasteiger partial charge in [-0.15, -0.1) is 0 Å². The van der Waals surface area contributed by atoms with Crippen LogP contribution in [-0.4, -0.2) is 31.3 Å². The minimum absolute atomic E-state index is 0.00662. The quantitative estimate of drug-likeness (QED) is 0.742. The van der Waals surface area contributed by atoms with E-state index in [0.717, 1.165) is 22.8 Å². The summed E-state index contributed by atoms with van der Waals surface area (Å²) in [7, 11) is 0. The summed E-state index contributed by atoms with van der Waals surface area (Å²) in [6, 6.07) is 10.9. The molecule has 0 bridgehead atoms. The van der Waals surface area contributed by atoms with Crippen LogP contribution in [0.5, 0.6) is 0 Å². The van der Waals surface area contributed by atoms with Gasteiger partial charge < -0.3 is 5.11 Å². The number of carbonyl (C=O) groups is 1.